The number of hydrogen-bond donors (Lipinski definition) is 1. The van der Waals surface area contributed by atoms with Gasteiger partial charge in [-0.05, 0) is 43.2 Å². The van der Waals surface area contributed by atoms with Crippen molar-refractivity contribution in [3.8, 4) is 0 Å². The van der Waals surface area contributed by atoms with Crippen LogP contribution in [0.5, 0.6) is 0 Å². The molecule has 3 heteroatoms. The topological polar surface area (TPSA) is 33.1 Å². The highest BCUT2D eigenvalue weighted by Crippen LogP contribution is 2.24. The van der Waals surface area contributed by atoms with Crippen molar-refractivity contribution in [2.75, 3.05) is 0 Å². The van der Waals surface area contributed by atoms with Crippen LogP contribution >= 0.6 is 15.9 Å². The van der Waals surface area contributed by atoms with E-state index in [1.807, 2.05) is 50.2 Å². The highest BCUT2D eigenvalue weighted by Gasteiger charge is 2.11. The highest BCUT2D eigenvalue weighted by molar-refractivity contribution is 9.10. The minimum absolute atomic E-state index is 0.496. The zero-order valence-corrected chi connectivity index (χ0v) is 12.1. The Labute approximate surface area is 116 Å². The Kier molecular flexibility index (Phi) is 4.15. The third kappa shape index (κ3) is 3.18. The first-order chi connectivity index (χ1) is 8.56. The largest absolute Gasteiger partial charge is 0.388 e. The number of aliphatic hydroxyl groups is 1. The van der Waals surface area contributed by atoms with Crippen LogP contribution in [0.15, 0.2) is 40.9 Å². The van der Waals surface area contributed by atoms with Gasteiger partial charge in [-0.2, -0.15) is 0 Å². The molecule has 0 aliphatic rings. The molecule has 1 aromatic carbocycles. The van der Waals surface area contributed by atoms with Crippen LogP contribution in [0.4, 0.5) is 0 Å². The van der Waals surface area contributed by atoms with Gasteiger partial charge in [0.2, 0.25) is 0 Å². The molecule has 0 aliphatic carbocycles. The Balaban J connectivity index is 2.22. The number of aliphatic hydroxyl groups excluding tert-OH is 1. The van der Waals surface area contributed by atoms with Crippen LogP contribution in [0.3, 0.4) is 0 Å². The monoisotopic (exact) mass is 305 g/mol. The number of halogens is 1. The predicted molar refractivity (Wildman–Crippen MR) is 76.5 cm³/mol. The van der Waals surface area contributed by atoms with Crippen LogP contribution in [-0.4, -0.2) is 10.1 Å². The van der Waals surface area contributed by atoms with Crippen LogP contribution < -0.4 is 0 Å². The van der Waals surface area contributed by atoms with Crippen molar-refractivity contribution in [2.24, 2.45) is 0 Å². The number of aryl methyl sites for hydroxylation is 2. The van der Waals surface area contributed by atoms with Gasteiger partial charge in [0.1, 0.15) is 0 Å². The van der Waals surface area contributed by atoms with E-state index in [-0.39, 0.29) is 0 Å². The fourth-order valence-corrected chi connectivity index (χ4v) is 2.50. The maximum atomic E-state index is 10.3. The van der Waals surface area contributed by atoms with Crippen molar-refractivity contribution >= 4 is 15.9 Å². The standard InChI is InChI=1S/C15H16BrNO/c1-10-7-13(8-11(2)17-10)15(18)9-12-5-3-4-6-14(12)16/h3-8,15,18H,9H2,1-2H3. The van der Waals surface area contributed by atoms with Gasteiger partial charge in [-0.3, -0.25) is 4.98 Å². The summed E-state index contributed by atoms with van der Waals surface area (Å²) in [6.07, 6.45) is 0.105. The summed E-state index contributed by atoms with van der Waals surface area (Å²) in [5, 5.41) is 10.3. The van der Waals surface area contributed by atoms with E-state index in [2.05, 4.69) is 20.9 Å². The summed E-state index contributed by atoms with van der Waals surface area (Å²) >= 11 is 3.50. The second-order valence-corrected chi connectivity index (χ2v) is 5.35. The summed E-state index contributed by atoms with van der Waals surface area (Å²) in [7, 11) is 0. The van der Waals surface area contributed by atoms with E-state index in [4.69, 9.17) is 0 Å². The summed E-state index contributed by atoms with van der Waals surface area (Å²) in [6, 6.07) is 11.8. The van der Waals surface area contributed by atoms with Crippen molar-refractivity contribution in [3.63, 3.8) is 0 Å². The Morgan fingerprint density at radius 2 is 1.78 bits per heavy atom. The highest BCUT2D eigenvalue weighted by atomic mass is 79.9. The molecule has 0 radical (unpaired) electrons. The fraction of sp³-hybridized carbons (Fsp3) is 0.267. The van der Waals surface area contributed by atoms with E-state index in [0.717, 1.165) is 27.0 Å². The van der Waals surface area contributed by atoms with Gasteiger partial charge in [0.25, 0.3) is 0 Å². The molecule has 0 amide bonds. The average molecular weight is 306 g/mol. The first kappa shape index (κ1) is 13.2. The van der Waals surface area contributed by atoms with Gasteiger partial charge in [-0.25, -0.2) is 0 Å². The molecule has 0 bridgehead atoms. The molecule has 0 saturated heterocycles. The Morgan fingerprint density at radius 3 is 2.39 bits per heavy atom. The molecular formula is C15H16BrNO. The molecule has 0 saturated carbocycles. The van der Waals surface area contributed by atoms with Crippen molar-refractivity contribution < 1.29 is 5.11 Å². The fourth-order valence-electron chi connectivity index (χ4n) is 2.05. The molecule has 2 aromatic rings. The summed E-state index contributed by atoms with van der Waals surface area (Å²) in [6.45, 7) is 3.89. The average Bonchev–Trinajstić information content (AvgIpc) is 2.31. The second-order valence-electron chi connectivity index (χ2n) is 4.49. The normalized spacial score (nSPS) is 12.4. The molecule has 18 heavy (non-hydrogen) atoms. The maximum Gasteiger partial charge on any atom is 0.0832 e. The van der Waals surface area contributed by atoms with E-state index in [9.17, 15) is 5.11 Å². The van der Waals surface area contributed by atoms with Gasteiger partial charge in [-0.1, -0.05) is 34.1 Å². The Morgan fingerprint density at radius 1 is 1.17 bits per heavy atom. The van der Waals surface area contributed by atoms with Gasteiger partial charge in [-0.15, -0.1) is 0 Å². The van der Waals surface area contributed by atoms with Gasteiger partial charge < -0.3 is 5.11 Å². The van der Waals surface area contributed by atoms with Crippen molar-refractivity contribution in [3.05, 3.63) is 63.4 Å². The van der Waals surface area contributed by atoms with Crippen LogP contribution in [0.1, 0.15) is 28.6 Å². The smallest absolute Gasteiger partial charge is 0.0832 e. The molecule has 1 unspecified atom stereocenters. The van der Waals surface area contributed by atoms with Crippen molar-refractivity contribution in [1.29, 1.82) is 0 Å². The Bertz CT molecular complexity index is 534. The number of rotatable bonds is 3. The van der Waals surface area contributed by atoms with E-state index >= 15 is 0 Å². The molecule has 2 rings (SSSR count). The van der Waals surface area contributed by atoms with E-state index in [1.165, 1.54) is 0 Å². The molecular weight excluding hydrogens is 290 g/mol. The molecule has 94 valence electrons. The molecule has 0 spiro atoms. The zero-order chi connectivity index (χ0) is 13.1. The lowest BCUT2D eigenvalue weighted by Gasteiger charge is -2.13. The lowest BCUT2D eigenvalue weighted by molar-refractivity contribution is 0.178. The number of hydrogen-bond acceptors (Lipinski definition) is 2. The summed E-state index contributed by atoms with van der Waals surface area (Å²) < 4.78 is 1.03. The predicted octanol–water partition coefficient (Wildman–Crippen LogP) is 3.74. The summed E-state index contributed by atoms with van der Waals surface area (Å²) in [5.74, 6) is 0. The summed E-state index contributed by atoms with van der Waals surface area (Å²) in [4.78, 5) is 4.32. The SMILES string of the molecule is Cc1cc(C(O)Cc2ccccc2Br)cc(C)n1. The van der Waals surface area contributed by atoms with E-state index in [1.54, 1.807) is 0 Å². The lowest BCUT2D eigenvalue weighted by Crippen LogP contribution is -2.04. The van der Waals surface area contributed by atoms with E-state index < -0.39 is 6.10 Å². The van der Waals surface area contributed by atoms with Crippen LogP contribution in [0.25, 0.3) is 0 Å². The molecule has 0 aliphatic heterocycles. The van der Waals surface area contributed by atoms with Gasteiger partial charge in [0.05, 0.1) is 6.10 Å². The van der Waals surface area contributed by atoms with Crippen molar-refractivity contribution in [1.82, 2.24) is 4.98 Å². The van der Waals surface area contributed by atoms with Gasteiger partial charge >= 0.3 is 0 Å². The van der Waals surface area contributed by atoms with Crippen LogP contribution in [0, 0.1) is 13.8 Å². The van der Waals surface area contributed by atoms with Crippen LogP contribution in [0.2, 0.25) is 0 Å². The molecule has 1 atom stereocenters. The third-order valence-corrected chi connectivity index (χ3v) is 3.63. The molecule has 2 nitrogen and oxygen atoms in total. The first-order valence-electron chi connectivity index (χ1n) is 5.93. The molecule has 1 N–H and O–H groups in total. The summed E-state index contributed by atoms with van der Waals surface area (Å²) in [5.41, 5.74) is 3.92. The lowest BCUT2D eigenvalue weighted by atomic mass is 10.0. The van der Waals surface area contributed by atoms with E-state index in [0.29, 0.717) is 6.42 Å². The van der Waals surface area contributed by atoms with Gasteiger partial charge in [0.15, 0.2) is 0 Å². The maximum absolute atomic E-state index is 10.3. The third-order valence-electron chi connectivity index (χ3n) is 2.86. The minimum Gasteiger partial charge on any atom is -0.388 e. The number of aromatic nitrogens is 1. The first-order valence-corrected chi connectivity index (χ1v) is 6.72. The molecule has 1 aromatic heterocycles. The molecule has 0 fully saturated rings. The van der Waals surface area contributed by atoms with Gasteiger partial charge in [0, 0.05) is 22.3 Å². The molecule has 1 heterocycles. The second kappa shape index (κ2) is 5.63. The van der Waals surface area contributed by atoms with Crippen molar-refractivity contribution in [2.45, 2.75) is 26.4 Å². The quantitative estimate of drug-likeness (QED) is 0.937. The minimum atomic E-state index is -0.496. The van der Waals surface area contributed by atoms with Crippen LogP contribution in [-0.2, 0) is 6.42 Å². The number of benzene rings is 1. The number of nitrogens with zero attached hydrogens (tertiary/aromatic N) is 1. The zero-order valence-electron chi connectivity index (χ0n) is 10.5. The Hall–Kier alpha value is -1.19. The number of pyridine rings is 1.